The Labute approximate surface area is 172 Å². The Morgan fingerprint density at radius 2 is 1.76 bits per heavy atom. The van der Waals surface area contributed by atoms with Gasteiger partial charge in [-0.3, -0.25) is 19.3 Å². The lowest BCUT2D eigenvalue weighted by Crippen LogP contribution is -2.54. The van der Waals surface area contributed by atoms with Crippen LogP contribution in [0.4, 0.5) is 11.4 Å². The van der Waals surface area contributed by atoms with Crippen LogP contribution < -0.4 is 10.2 Å². The Hall–Kier alpha value is -2.70. The van der Waals surface area contributed by atoms with E-state index in [9.17, 15) is 14.4 Å². The van der Waals surface area contributed by atoms with Crippen molar-refractivity contribution in [3.05, 3.63) is 59.1 Å². The minimum absolute atomic E-state index is 0.106. The quantitative estimate of drug-likeness (QED) is 0.738. The van der Waals surface area contributed by atoms with E-state index in [2.05, 4.69) is 10.2 Å². The van der Waals surface area contributed by atoms with Crippen molar-refractivity contribution in [1.29, 1.82) is 0 Å². The maximum Gasteiger partial charge on any atom is 0.250 e. The summed E-state index contributed by atoms with van der Waals surface area (Å²) in [5.41, 5.74) is 0.929. The second-order valence-corrected chi connectivity index (χ2v) is 8.60. The summed E-state index contributed by atoms with van der Waals surface area (Å²) in [7, 11) is 0. The van der Waals surface area contributed by atoms with Crippen molar-refractivity contribution in [2.24, 2.45) is 11.8 Å². The Balaban J connectivity index is 1.55. The molecule has 3 fully saturated rings. The first kappa shape index (κ1) is 17.2. The Bertz CT molecular complexity index is 1080. The minimum atomic E-state index is -1.11. The summed E-state index contributed by atoms with van der Waals surface area (Å²) in [4.78, 5) is 44.0. The molecule has 0 saturated carbocycles. The van der Waals surface area contributed by atoms with Crippen molar-refractivity contribution < 1.29 is 14.4 Å². The van der Waals surface area contributed by atoms with Gasteiger partial charge in [-0.2, -0.15) is 0 Å². The summed E-state index contributed by atoms with van der Waals surface area (Å²) in [6.45, 7) is 0.709. The molecule has 2 aromatic carbocycles. The molecule has 4 heterocycles. The normalized spacial score (nSPS) is 32.7. The zero-order valence-electron chi connectivity index (χ0n) is 15.5. The predicted molar refractivity (Wildman–Crippen MR) is 107 cm³/mol. The second-order valence-electron chi connectivity index (χ2n) is 8.16. The van der Waals surface area contributed by atoms with E-state index in [1.165, 1.54) is 4.90 Å². The monoisotopic (exact) mass is 407 g/mol. The summed E-state index contributed by atoms with van der Waals surface area (Å²) in [5, 5.41) is 3.51. The van der Waals surface area contributed by atoms with E-state index in [1.807, 2.05) is 24.3 Å². The molecule has 0 aliphatic carbocycles. The number of amides is 3. The van der Waals surface area contributed by atoms with Crippen LogP contribution in [0.25, 0.3) is 0 Å². The zero-order chi connectivity index (χ0) is 19.9. The van der Waals surface area contributed by atoms with Gasteiger partial charge in [0, 0.05) is 22.3 Å². The molecule has 6 rings (SSSR count). The third kappa shape index (κ3) is 1.93. The number of nitrogens with one attached hydrogen (secondary N) is 1. The standard InChI is InChI=1S/C22H18ClN3O3/c23-12-7-9-13(10-8-12)26-19(27)17-16-6-3-11-25(16)22(18(17)20(26)28)14-4-1-2-5-15(14)24-21(22)29/h1-2,4-5,7-10,16-18H,3,6,11H2,(H,24,29)/t16-,17+,18-,22-/m0/s1. The fraction of sp³-hybridized carbons (Fsp3) is 0.318. The Kier molecular flexibility index (Phi) is 3.36. The first-order valence-electron chi connectivity index (χ1n) is 9.86. The van der Waals surface area contributed by atoms with Gasteiger partial charge < -0.3 is 5.32 Å². The number of anilines is 2. The van der Waals surface area contributed by atoms with E-state index in [0.29, 0.717) is 17.3 Å². The largest absolute Gasteiger partial charge is 0.324 e. The third-order valence-electron chi connectivity index (χ3n) is 6.98. The highest BCUT2D eigenvalue weighted by Gasteiger charge is 2.74. The van der Waals surface area contributed by atoms with E-state index in [0.717, 1.165) is 24.1 Å². The molecule has 1 N–H and O–H groups in total. The number of imide groups is 1. The van der Waals surface area contributed by atoms with Crippen LogP contribution in [0, 0.1) is 11.8 Å². The van der Waals surface area contributed by atoms with E-state index in [-0.39, 0.29) is 23.8 Å². The molecule has 0 unspecified atom stereocenters. The third-order valence-corrected chi connectivity index (χ3v) is 7.24. The van der Waals surface area contributed by atoms with Gasteiger partial charge in [-0.05, 0) is 49.7 Å². The second kappa shape index (κ2) is 5.68. The van der Waals surface area contributed by atoms with E-state index in [1.54, 1.807) is 24.3 Å². The smallest absolute Gasteiger partial charge is 0.250 e. The maximum atomic E-state index is 13.7. The first-order chi connectivity index (χ1) is 14.0. The van der Waals surface area contributed by atoms with Crippen molar-refractivity contribution in [1.82, 2.24) is 4.90 Å². The number of benzene rings is 2. The van der Waals surface area contributed by atoms with Gasteiger partial charge in [-0.1, -0.05) is 29.8 Å². The number of hydrogen-bond acceptors (Lipinski definition) is 4. The summed E-state index contributed by atoms with van der Waals surface area (Å²) >= 11 is 5.99. The van der Waals surface area contributed by atoms with Crippen LogP contribution in [-0.2, 0) is 19.9 Å². The van der Waals surface area contributed by atoms with Gasteiger partial charge >= 0.3 is 0 Å². The average molecular weight is 408 g/mol. The van der Waals surface area contributed by atoms with Crippen molar-refractivity contribution in [2.75, 3.05) is 16.8 Å². The van der Waals surface area contributed by atoms with E-state index < -0.39 is 17.4 Å². The molecule has 0 bridgehead atoms. The number of carbonyl (C=O) groups excluding carboxylic acids is 3. The molecule has 146 valence electrons. The van der Waals surface area contributed by atoms with Gasteiger partial charge in [0.1, 0.15) is 5.54 Å². The maximum absolute atomic E-state index is 13.7. The number of carbonyl (C=O) groups is 3. The average Bonchev–Trinajstić information content (AvgIpc) is 3.41. The molecular weight excluding hydrogens is 390 g/mol. The number of hydrogen-bond donors (Lipinski definition) is 1. The fourth-order valence-electron chi connectivity index (χ4n) is 6.00. The molecule has 29 heavy (non-hydrogen) atoms. The van der Waals surface area contributed by atoms with Gasteiger partial charge in [0.05, 0.1) is 17.5 Å². The molecule has 2 aromatic rings. The highest BCUT2D eigenvalue weighted by atomic mass is 35.5. The van der Waals surface area contributed by atoms with Gasteiger partial charge in [-0.25, -0.2) is 4.90 Å². The van der Waals surface area contributed by atoms with Gasteiger partial charge in [0.15, 0.2) is 0 Å². The van der Waals surface area contributed by atoms with Crippen LogP contribution >= 0.6 is 11.6 Å². The molecule has 1 spiro atoms. The van der Waals surface area contributed by atoms with Crippen molar-refractivity contribution >= 4 is 40.7 Å². The predicted octanol–water partition coefficient (Wildman–Crippen LogP) is 2.77. The molecule has 4 aliphatic rings. The van der Waals surface area contributed by atoms with Crippen molar-refractivity contribution in [3.63, 3.8) is 0 Å². The molecule has 6 nitrogen and oxygen atoms in total. The molecule has 4 atom stereocenters. The highest BCUT2D eigenvalue weighted by Crippen LogP contribution is 2.60. The Morgan fingerprint density at radius 3 is 2.55 bits per heavy atom. The molecule has 7 heteroatoms. The van der Waals surface area contributed by atoms with Crippen LogP contribution in [0.5, 0.6) is 0 Å². The van der Waals surface area contributed by atoms with Crippen LogP contribution in [0.15, 0.2) is 48.5 Å². The van der Waals surface area contributed by atoms with E-state index in [4.69, 9.17) is 11.6 Å². The SMILES string of the molecule is O=C1[C@H]2[C@@H](C(=O)N1c1ccc(Cl)cc1)[C@@]1(C(=O)Nc3ccccc31)N1CCC[C@@H]21. The molecule has 3 saturated heterocycles. The lowest BCUT2D eigenvalue weighted by atomic mass is 9.75. The van der Waals surface area contributed by atoms with Crippen LogP contribution in [0.2, 0.25) is 5.02 Å². The van der Waals surface area contributed by atoms with Gasteiger partial charge in [0.2, 0.25) is 17.7 Å². The number of para-hydroxylation sites is 1. The number of fused-ring (bicyclic) bond motifs is 7. The van der Waals surface area contributed by atoms with Crippen LogP contribution in [0.3, 0.4) is 0 Å². The van der Waals surface area contributed by atoms with Crippen molar-refractivity contribution in [3.8, 4) is 0 Å². The van der Waals surface area contributed by atoms with Crippen LogP contribution in [0.1, 0.15) is 18.4 Å². The Morgan fingerprint density at radius 1 is 1.00 bits per heavy atom. The van der Waals surface area contributed by atoms with Crippen LogP contribution in [-0.4, -0.2) is 35.2 Å². The highest BCUT2D eigenvalue weighted by molar-refractivity contribution is 6.31. The summed E-state index contributed by atoms with van der Waals surface area (Å²) in [6, 6.07) is 14.1. The summed E-state index contributed by atoms with van der Waals surface area (Å²) < 4.78 is 0. The number of nitrogens with zero attached hydrogens (tertiary/aromatic N) is 2. The molecule has 4 aliphatic heterocycles. The lowest BCUT2D eigenvalue weighted by Gasteiger charge is -2.36. The first-order valence-corrected chi connectivity index (χ1v) is 10.2. The molecule has 3 amide bonds. The van der Waals surface area contributed by atoms with Gasteiger partial charge in [0.25, 0.3) is 0 Å². The molecule has 0 radical (unpaired) electrons. The number of rotatable bonds is 1. The molecular formula is C22H18ClN3O3. The zero-order valence-corrected chi connectivity index (χ0v) is 16.2. The molecule has 0 aromatic heterocycles. The fourth-order valence-corrected chi connectivity index (χ4v) is 6.13. The topological polar surface area (TPSA) is 69.7 Å². The summed E-state index contributed by atoms with van der Waals surface area (Å²) in [5.74, 6) is -1.95. The van der Waals surface area contributed by atoms with Gasteiger partial charge in [-0.15, -0.1) is 0 Å². The van der Waals surface area contributed by atoms with E-state index >= 15 is 0 Å². The van der Waals surface area contributed by atoms with Crippen molar-refractivity contribution in [2.45, 2.75) is 24.4 Å². The summed E-state index contributed by atoms with van der Waals surface area (Å²) in [6.07, 6.45) is 1.72. The minimum Gasteiger partial charge on any atom is -0.324 e. The lowest BCUT2D eigenvalue weighted by molar-refractivity contribution is -0.135. The number of halogens is 1.